The molecule has 2 N–H and O–H groups in total. The standard InChI is InChI=1S/C17H27ClN2/c1-13(2)14-4-3-10-20(11-8-14)17-6-5-16(18)12-15(17)7-9-19/h5-6,12-14H,3-4,7-11,19H2,1-2H3. The van der Waals surface area contributed by atoms with Crippen LogP contribution in [0.5, 0.6) is 0 Å². The molecule has 1 atom stereocenters. The molecule has 112 valence electrons. The zero-order valence-electron chi connectivity index (χ0n) is 12.7. The first-order chi connectivity index (χ1) is 9.61. The van der Waals surface area contributed by atoms with E-state index in [1.54, 1.807) is 0 Å². The highest BCUT2D eigenvalue weighted by molar-refractivity contribution is 6.30. The third-order valence-electron chi connectivity index (χ3n) is 4.51. The van der Waals surface area contributed by atoms with Crippen molar-refractivity contribution in [3.05, 3.63) is 28.8 Å². The molecule has 0 spiro atoms. The Hall–Kier alpha value is -0.730. The van der Waals surface area contributed by atoms with E-state index in [4.69, 9.17) is 17.3 Å². The first-order valence-corrected chi connectivity index (χ1v) is 8.23. The van der Waals surface area contributed by atoms with E-state index >= 15 is 0 Å². The molecule has 1 saturated heterocycles. The number of hydrogen-bond acceptors (Lipinski definition) is 2. The summed E-state index contributed by atoms with van der Waals surface area (Å²) >= 11 is 6.13. The Bertz CT molecular complexity index is 431. The van der Waals surface area contributed by atoms with Crippen LogP contribution in [0.1, 0.15) is 38.7 Å². The van der Waals surface area contributed by atoms with Crippen molar-refractivity contribution in [2.45, 2.75) is 39.5 Å². The number of nitrogens with zero attached hydrogens (tertiary/aromatic N) is 1. The van der Waals surface area contributed by atoms with E-state index in [1.165, 1.54) is 30.5 Å². The van der Waals surface area contributed by atoms with Crippen molar-refractivity contribution in [1.82, 2.24) is 0 Å². The molecule has 1 aliphatic heterocycles. The van der Waals surface area contributed by atoms with Gasteiger partial charge in [-0.1, -0.05) is 25.4 Å². The van der Waals surface area contributed by atoms with Gasteiger partial charge in [-0.2, -0.15) is 0 Å². The normalized spacial score (nSPS) is 20.2. The fourth-order valence-corrected chi connectivity index (χ4v) is 3.44. The summed E-state index contributed by atoms with van der Waals surface area (Å²) in [6, 6.07) is 6.25. The van der Waals surface area contributed by atoms with Gasteiger partial charge in [-0.25, -0.2) is 0 Å². The molecule has 2 rings (SSSR count). The minimum Gasteiger partial charge on any atom is -0.371 e. The van der Waals surface area contributed by atoms with E-state index in [-0.39, 0.29) is 0 Å². The highest BCUT2D eigenvalue weighted by Crippen LogP contribution is 2.30. The molecule has 0 aliphatic carbocycles. The van der Waals surface area contributed by atoms with Crippen LogP contribution in [0.3, 0.4) is 0 Å². The maximum atomic E-state index is 6.13. The second-order valence-electron chi connectivity index (χ2n) is 6.23. The molecular formula is C17H27ClN2. The molecule has 0 aromatic heterocycles. The summed E-state index contributed by atoms with van der Waals surface area (Å²) < 4.78 is 0. The molecule has 1 aromatic carbocycles. The van der Waals surface area contributed by atoms with Crippen LogP contribution < -0.4 is 10.6 Å². The van der Waals surface area contributed by atoms with Crippen LogP contribution in [0.25, 0.3) is 0 Å². The Kier molecular flexibility index (Phi) is 5.74. The third kappa shape index (κ3) is 3.89. The van der Waals surface area contributed by atoms with Crippen molar-refractivity contribution in [2.75, 3.05) is 24.5 Å². The number of hydrogen-bond donors (Lipinski definition) is 1. The minimum absolute atomic E-state index is 0.676. The van der Waals surface area contributed by atoms with Crippen molar-refractivity contribution < 1.29 is 0 Å². The van der Waals surface area contributed by atoms with E-state index < -0.39 is 0 Å². The van der Waals surface area contributed by atoms with E-state index in [9.17, 15) is 0 Å². The number of rotatable bonds is 4. The average molecular weight is 295 g/mol. The highest BCUT2D eigenvalue weighted by Gasteiger charge is 2.20. The summed E-state index contributed by atoms with van der Waals surface area (Å²) in [4.78, 5) is 2.53. The molecule has 0 bridgehead atoms. The molecule has 1 heterocycles. The number of nitrogens with two attached hydrogens (primary N) is 1. The van der Waals surface area contributed by atoms with Crippen LogP contribution in [0.4, 0.5) is 5.69 Å². The van der Waals surface area contributed by atoms with Gasteiger partial charge in [-0.3, -0.25) is 0 Å². The lowest BCUT2D eigenvalue weighted by Crippen LogP contribution is -2.26. The molecule has 0 amide bonds. The van der Waals surface area contributed by atoms with Gasteiger partial charge in [0.1, 0.15) is 0 Å². The SMILES string of the molecule is CC(C)C1CCCN(c2ccc(Cl)cc2CCN)CC1. The van der Waals surface area contributed by atoms with Crippen LogP contribution >= 0.6 is 11.6 Å². The Morgan fingerprint density at radius 3 is 2.80 bits per heavy atom. The van der Waals surface area contributed by atoms with Gasteiger partial charge in [0.15, 0.2) is 0 Å². The average Bonchev–Trinajstić information content (AvgIpc) is 2.65. The lowest BCUT2D eigenvalue weighted by Gasteiger charge is -2.26. The summed E-state index contributed by atoms with van der Waals surface area (Å²) in [5.41, 5.74) is 8.37. The van der Waals surface area contributed by atoms with Crippen molar-refractivity contribution in [3.63, 3.8) is 0 Å². The first kappa shape index (κ1) is 15.7. The zero-order valence-corrected chi connectivity index (χ0v) is 13.5. The molecule has 1 aliphatic rings. The van der Waals surface area contributed by atoms with Crippen molar-refractivity contribution >= 4 is 17.3 Å². The second-order valence-corrected chi connectivity index (χ2v) is 6.67. The fourth-order valence-electron chi connectivity index (χ4n) is 3.25. The predicted molar refractivity (Wildman–Crippen MR) is 88.6 cm³/mol. The van der Waals surface area contributed by atoms with Crippen LogP contribution in [-0.4, -0.2) is 19.6 Å². The number of halogens is 1. The molecule has 20 heavy (non-hydrogen) atoms. The monoisotopic (exact) mass is 294 g/mol. The highest BCUT2D eigenvalue weighted by atomic mass is 35.5. The van der Waals surface area contributed by atoms with Crippen molar-refractivity contribution in [2.24, 2.45) is 17.6 Å². The fraction of sp³-hybridized carbons (Fsp3) is 0.647. The summed E-state index contributed by atoms with van der Waals surface area (Å²) in [5, 5.41) is 0.812. The summed E-state index contributed by atoms with van der Waals surface area (Å²) in [6.45, 7) is 7.69. The molecule has 1 fully saturated rings. The number of anilines is 1. The maximum Gasteiger partial charge on any atom is 0.0410 e. The van der Waals surface area contributed by atoms with Crippen molar-refractivity contribution in [1.29, 1.82) is 0 Å². The summed E-state index contributed by atoms with van der Waals surface area (Å²) in [6.07, 6.45) is 4.84. The van der Waals surface area contributed by atoms with E-state index in [0.717, 1.165) is 36.4 Å². The molecule has 1 aromatic rings. The van der Waals surface area contributed by atoms with Crippen LogP contribution in [0.2, 0.25) is 5.02 Å². The van der Waals surface area contributed by atoms with Crippen LogP contribution in [0, 0.1) is 11.8 Å². The van der Waals surface area contributed by atoms with Crippen LogP contribution in [0.15, 0.2) is 18.2 Å². The van der Waals surface area contributed by atoms with Gasteiger partial charge in [0, 0.05) is 23.8 Å². The van der Waals surface area contributed by atoms with Gasteiger partial charge in [0.2, 0.25) is 0 Å². The largest absolute Gasteiger partial charge is 0.371 e. The Labute approximate surface area is 128 Å². The number of benzene rings is 1. The van der Waals surface area contributed by atoms with E-state index in [1.807, 2.05) is 6.07 Å². The lowest BCUT2D eigenvalue weighted by molar-refractivity contribution is 0.351. The third-order valence-corrected chi connectivity index (χ3v) is 4.75. The smallest absolute Gasteiger partial charge is 0.0410 e. The zero-order chi connectivity index (χ0) is 14.5. The summed E-state index contributed by atoms with van der Waals surface area (Å²) in [7, 11) is 0. The molecule has 3 heteroatoms. The van der Waals surface area contributed by atoms with E-state index in [2.05, 4.69) is 30.9 Å². The van der Waals surface area contributed by atoms with Crippen molar-refractivity contribution in [3.8, 4) is 0 Å². The van der Waals surface area contributed by atoms with Crippen LogP contribution in [-0.2, 0) is 6.42 Å². The summed E-state index contributed by atoms with van der Waals surface area (Å²) in [5.74, 6) is 1.66. The molecule has 1 unspecified atom stereocenters. The Morgan fingerprint density at radius 1 is 1.30 bits per heavy atom. The maximum absolute atomic E-state index is 6.13. The Morgan fingerprint density at radius 2 is 2.10 bits per heavy atom. The van der Waals surface area contributed by atoms with Gasteiger partial charge in [-0.15, -0.1) is 0 Å². The molecule has 2 nitrogen and oxygen atoms in total. The Balaban J connectivity index is 2.14. The van der Waals surface area contributed by atoms with Gasteiger partial charge < -0.3 is 10.6 Å². The lowest BCUT2D eigenvalue weighted by atomic mass is 9.89. The first-order valence-electron chi connectivity index (χ1n) is 7.85. The quantitative estimate of drug-likeness (QED) is 0.906. The molecule has 0 saturated carbocycles. The van der Waals surface area contributed by atoms with Gasteiger partial charge in [-0.05, 0) is 67.8 Å². The van der Waals surface area contributed by atoms with Gasteiger partial charge in [0.25, 0.3) is 0 Å². The molecule has 0 radical (unpaired) electrons. The van der Waals surface area contributed by atoms with Gasteiger partial charge in [0.05, 0.1) is 0 Å². The second kappa shape index (κ2) is 7.33. The van der Waals surface area contributed by atoms with Gasteiger partial charge >= 0.3 is 0 Å². The molecular weight excluding hydrogens is 268 g/mol. The topological polar surface area (TPSA) is 29.3 Å². The van der Waals surface area contributed by atoms with E-state index in [0.29, 0.717) is 6.54 Å². The minimum atomic E-state index is 0.676. The predicted octanol–water partition coefficient (Wildman–Crippen LogP) is 4.10.